The largest absolute Gasteiger partial charge is 0.362 e. The van der Waals surface area contributed by atoms with Crippen LogP contribution < -0.4 is 0 Å². The molecule has 116 valence electrons. The van der Waals surface area contributed by atoms with E-state index in [9.17, 15) is 4.79 Å². The lowest BCUT2D eigenvalue weighted by Gasteiger charge is -2.34. The molecule has 0 N–H and O–H groups in total. The molecule has 1 saturated heterocycles. The van der Waals surface area contributed by atoms with Crippen LogP contribution in [0.1, 0.15) is 49.9 Å². The van der Waals surface area contributed by atoms with E-state index in [2.05, 4.69) is 18.7 Å². The third-order valence-corrected chi connectivity index (χ3v) is 3.88. The molecule has 0 aliphatic carbocycles. The van der Waals surface area contributed by atoms with Crippen LogP contribution in [0.25, 0.3) is 0 Å². The highest BCUT2D eigenvalue weighted by atomic mass is 16.5. The number of ketones is 1. The summed E-state index contributed by atoms with van der Waals surface area (Å²) < 4.78 is 6.04. The summed E-state index contributed by atoms with van der Waals surface area (Å²) in [4.78, 5) is 14.8. The van der Waals surface area contributed by atoms with Crippen LogP contribution in [0.15, 0.2) is 30.3 Å². The van der Waals surface area contributed by atoms with Gasteiger partial charge in [0.25, 0.3) is 0 Å². The number of piperidine rings is 1. The topological polar surface area (TPSA) is 29.5 Å². The van der Waals surface area contributed by atoms with E-state index in [1.54, 1.807) is 0 Å². The average molecular weight is 289 g/mol. The second-order valence-corrected chi connectivity index (χ2v) is 6.27. The van der Waals surface area contributed by atoms with Crippen LogP contribution in [0.5, 0.6) is 0 Å². The number of hydrogen-bond donors (Lipinski definition) is 0. The highest BCUT2D eigenvalue weighted by Gasteiger charge is 2.24. The molecule has 0 aromatic heterocycles. The summed E-state index contributed by atoms with van der Waals surface area (Å²) in [5, 5.41) is 0. The maximum Gasteiger partial charge on any atom is 0.166 e. The van der Waals surface area contributed by atoms with Crippen molar-refractivity contribution in [1.82, 2.24) is 4.90 Å². The van der Waals surface area contributed by atoms with Crippen molar-refractivity contribution in [1.29, 1.82) is 0 Å². The Morgan fingerprint density at radius 3 is 2.43 bits per heavy atom. The Balaban J connectivity index is 1.98. The Kier molecular flexibility index (Phi) is 6.40. The van der Waals surface area contributed by atoms with E-state index in [-0.39, 0.29) is 12.0 Å². The maximum absolute atomic E-state index is 12.4. The van der Waals surface area contributed by atoms with Gasteiger partial charge in [-0.1, -0.05) is 50.6 Å². The third kappa shape index (κ3) is 5.25. The molecule has 0 amide bonds. The fourth-order valence-electron chi connectivity index (χ4n) is 2.70. The fraction of sp³-hybridized carbons (Fsp3) is 0.611. The van der Waals surface area contributed by atoms with Gasteiger partial charge >= 0.3 is 0 Å². The summed E-state index contributed by atoms with van der Waals surface area (Å²) in [5.41, 5.74) is 0.785. The minimum Gasteiger partial charge on any atom is -0.362 e. The lowest BCUT2D eigenvalue weighted by molar-refractivity contribution is -0.0742. The van der Waals surface area contributed by atoms with Crippen molar-refractivity contribution in [3.63, 3.8) is 0 Å². The first-order chi connectivity index (χ1) is 10.2. The highest BCUT2D eigenvalue weighted by molar-refractivity contribution is 5.96. The zero-order chi connectivity index (χ0) is 15.1. The number of carbonyl (C=O) groups excluding carboxylic acids is 1. The molecule has 1 aromatic rings. The van der Waals surface area contributed by atoms with Gasteiger partial charge in [0.1, 0.15) is 6.23 Å². The Bertz CT molecular complexity index is 424. The van der Waals surface area contributed by atoms with Gasteiger partial charge in [-0.3, -0.25) is 9.69 Å². The van der Waals surface area contributed by atoms with Crippen LogP contribution >= 0.6 is 0 Å². The van der Waals surface area contributed by atoms with Crippen LogP contribution in [0, 0.1) is 5.92 Å². The van der Waals surface area contributed by atoms with E-state index in [0.29, 0.717) is 18.9 Å². The first-order valence-corrected chi connectivity index (χ1v) is 8.10. The number of benzene rings is 1. The molecule has 1 aliphatic rings. The molecule has 1 aromatic carbocycles. The van der Waals surface area contributed by atoms with Crippen molar-refractivity contribution >= 4 is 5.78 Å². The van der Waals surface area contributed by atoms with E-state index >= 15 is 0 Å². The van der Waals surface area contributed by atoms with Crippen molar-refractivity contribution in [2.45, 2.75) is 45.8 Å². The Labute approximate surface area is 128 Å². The van der Waals surface area contributed by atoms with Crippen molar-refractivity contribution in [2.24, 2.45) is 5.92 Å². The summed E-state index contributed by atoms with van der Waals surface area (Å²) in [6, 6.07) is 9.54. The molecule has 1 atom stereocenters. The minimum absolute atomic E-state index is 0.0691. The molecule has 0 spiro atoms. The molecule has 1 fully saturated rings. The van der Waals surface area contributed by atoms with Gasteiger partial charge in [-0.15, -0.1) is 0 Å². The molecule has 0 bridgehead atoms. The number of rotatable bonds is 7. The molecular formula is C18H27NO2. The SMILES string of the molecule is CC(C)COC(CC(=O)c1ccccc1)N1CCCCC1. The Morgan fingerprint density at radius 1 is 1.14 bits per heavy atom. The molecule has 0 saturated carbocycles. The van der Waals surface area contributed by atoms with Crippen LogP contribution in [0.3, 0.4) is 0 Å². The number of Topliss-reactive ketones (excluding diaryl/α,β-unsaturated/α-hetero) is 1. The van der Waals surface area contributed by atoms with E-state index in [1.807, 2.05) is 30.3 Å². The molecule has 0 radical (unpaired) electrons. The molecule has 1 unspecified atom stereocenters. The number of carbonyl (C=O) groups is 1. The Morgan fingerprint density at radius 2 is 1.81 bits per heavy atom. The van der Waals surface area contributed by atoms with Gasteiger partial charge in [0, 0.05) is 18.7 Å². The van der Waals surface area contributed by atoms with Crippen molar-refractivity contribution in [3.8, 4) is 0 Å². The van der Waals surface area contributed by atoms with Gasteiger partial charge in [0.15, 0.2) is 5.78 Å². The zero-order valence-electron chi connectivity index (χ0n) is 13.3. The van der Waals surface area contributed by atoms with Crippen LogP contribution in [0.2, 0.25) is 0 Å². The monoisotopic (exact) mass is 289 g/mol. The molecule has 2 rings (SSSR count). The third-order valence-electron chi connectivity index (χ3n) is 3.88. The summed E-state index contributed by atoms with van der Waals surface area (Å²) in [5.74, 6) is 0.666. The molecular weight excluding hydrogens is 262 g/mol. The summed E-state index contributed by atoms with van der Waals surface area (Å²) in [7, 11) is 0. The number of nitrogens with zero attached hydrogens (tertiary/aromatic N) is 1. The second-order valence-electron chi connectivity index (χ2n) is 6.27. The van der Waals surface area contributed by atoms with Crippen LogP contribution in [0.4, 0.5) is 0 Å². The maximum atomic E-state index is 12.4. The second kappa shape index (κ2) is 8.30. The van der Waals surface area contributed by atoms with Gasteiger partial charge in [0.05, 0.1) is 13.0 Å². The Hall–Kier alpha value is -1.19. The van der Waals surface area contributed by atoms with E-state index in [1.165, 1.54) is 19.3 Å². The predicted octanol–water partition coefficient (Wildman–Crippen LogP) is 3.74. The fourth-order valence-corrected chi connectivity index (χ4v) is 2.70. The van der Waals surface area contributed by atoms with Gasteiger partial charge in [0.2, 0.25) is 0 Å². The normalized spacial score (nSPS) is 17.9. The standard InChI is InChI=1S/C18H27NO2/c1-15(2)14-21-18(19-11-7-4-8-12-19)13-17(20)16-9-5-3-6-10-16/h3,5-6,9-10,15,18H,4,7-8,11-14H2,1-2H3. The highest BCUT2D eigenvalue weighted by Crippen LogP contribution is 2.18. The molecule has 21 heavy (non-hydrogen) atoms. The summed E-state index contributed by atoms with van der Waals surface area (Å²) >= 11 is 0. The van der Waals surface area contributed by atoms with Gasteiger partial charge < -0.3 is 4.74 Å². The average Bonchev–Trinajstić information content (AvgIpc) is 2.52. The van der Waals surface area contributed by atoms with E-state index in [0.717, 1.165) is 18.7 Å². The van der Waals surface area contributed by atoms with Gasteiger partial charge in [-0.2, -0.15) is 0 Å². The molecule has 3 nitrogen and oxygen atoms in total. The summed E-state index contributed by atoms with van der Waals surface area (Å²) in [6.07, 6.45) is 4.10. The van der Waals surface area contributed by atoms with Crippen LogP contribution in [-0.4, -0.2) is 36.6 Å². The van der Waals surface area contributed by atoms with Crippen LogP contribution in [-0.2, 0) is 4.74 Å². The number of hydrogen-bond acceptors (Lipinski definition) is 3. The quantitative estimate of drug-likeness (QED) is 0.716. The predicted molar refractivity (Wildman–Crippen MR) is 85.4 cm³/mol. The van der Waals surface area contributed by atoms with E-state index < -0.39 is 0 Å². The number of ether oxygens (including phenoxy) is 1. The van der Waals surface area contributed by atoms with Gasteiger partial charge in [-0.25, -0.2) is 0 Å². The van der Waals surface area contributed by atoms with E-state index in [4.69, 9.17) is 4.74 Å². The minimum atomic E-state index is -0.0691. The lowest BCUT2D eigenvalue weighted by atomic mass is 10.1. The zero-order valence-corrected chi connectivity index (χ0v) is 13.3. The van der Waals surface area contributed by atoms with Gasteiger partial charge in [-0.05, 0) is 18.8 Å². The molecule has 1 aliphatic heterocycles. The van der Waals surface area contributed by atoms with Crippen molar-refractivity contribution < 1.29 is 9.53 Å². The van der Waals surface area contributed by atoms with Crippen molar-refractivity contribution in [3.05, 3.63) is 35.9 Å². The first kappa shape index (κ1) is 16.2. The summed E-state index contributed by atoms with van der Waals surface area (Å²) in [6.45, 7) is 7.09. The molecule has 1 heterocycles. The lowest BCUT2D eigenvalue weighted by Crippen LogP contribution is -2.42. The van der Waals surface area contributed by atoms with Crippen molar-refractivity contribution in [2.75, 3.05) is 19.7 Å². The smallest absolute Gasteiger partial charge is 0.166 e. The first-order valence-electron chi connectivity index (χ1n) is 8.10. The number of likely N-dealkylation sites (tertiary alicyclic amines) is 1. The molecule has 3 heteroatoms.